The zero-order valence-corrected chi connectivity index (χ0v) is 13.7. The number of likely N-dealkylation sites (N-methyl/N-ethyl adjacent to an activating group) is 1. The van der Waals surface area contributed by atoms with Crippen molar-refractivity contribution >= 4 is 21.6 Å². The van der Waals surface area contributed by atoms with Crippen LogP contribution >= 0.6 is 11.3 Å². The molecule has 0 aromatic carbocycles. The fourth-order valence-corrected chi connectivity index (χ4v) is 4.33. The summed E-state index contributed by atoms with van der Waals surface area (Å²) < 4.78 is 4.92. The second-order valence-electron chi connectivity index (χ2n) is 5.86. The number of thiophene rings is 1. The van der Waals surface area contributed by atoms with Gasteiger partial charge in [0.05, 0.1) is 24.6 Å². The molecule has 2 aromatic rings. The maximum Gasteiger partial charge on any atom is 0.259 e. The van der Waals surface area contributed by atoms with Crippen molar-refractivity contribution in [3.8, 4) is 0 Å². The van der Waals surface area contributed by atoms with Crippen LogP contribution in [0, 0.1) is 0 Å². The van der Waals surface area contributed by atoms with Crippen LogP contribution in [0.25, 0.3) is 10.2 Å². The van der Waals surface area contributed by atoms with Gasteiger partial charge in [-0.25, -0.2) is 4.98 Å². The first-order valence-corrected chi connectivity index (χ1v) is 8.29. The lowest BCUT2D eigenvalue weighted by Gasteiger charge is -2.19. The molecule has 1 unspecified atom stereocenters. The number of fused-ring (bicyclic) bond motifs is 3. The highest BCUT2D eigenvalue weighted by molar-refractivity contribution is 7.18. The number of ether oxygens (including phenoxy) is 1. The number of hydrogen-bond donors (Lipinski definition) is 2. The summed E-state index contributed by atoms with van der Waals surface area (Å²) in [5, 5.41) is 10.5. The van der Waals surface area contributed by atoms with Crippen LogP contribution in [0.3, 0.4) is 0 Å². The molecule has 6 nitrogen and oxygen atoms in total. The Hall–Kier alpha value is -1.28. The van der Waals surface area contributed by atoms with Gasteiger partial charge in [-0.15, -0.1) is 11.3 Å². The van der Waals surface area contributed by atoms with Gasteiger partial charge >= 0.3 is 0 Å². The van der Waals surface area contributed by atoms with Crippen LogP contribution in [-0.4, -0.2) is 53.4 Å². The van der Waals surface area contributed by atoms with Crippen LogP contribution in [0.15, 0.2) is 4.79 Å². The van der Waals surface area contributed by atoms with Crippen LogP contribution in [-0.2, 0) is 24.1 Å². The van der Waals surface area contributed by atoms with Crippen molar-refractivity contribution in [2.45, 2.75) is 31.9 Å². The normalized spacial score (nSPS) is 15.6. The summed E-state index contributed by atoms with van der Waals surface area (Å²) in [5.41, 5.74) is 1.16. The predicted octanol–water partition coefficient (Wildman–Crippen LogP) is 0.912. The number of hydrogen-bond acceptors (Lipinski definition) is 6. The van der Waals surface area contributed by atoms with E-state index in [2.05, 4.69) is 9.97 Å². The first-order valence-electron chi connectivity index (χ1n) is 7.47. The lowest BCUT2D eigenvalue weighted by atomic mass is 10.2. The minimum Gasteiger partial charge on any atom is -0.389 e. The van der Waals surface area contributed by atoms with Gasteiger partial charge in [0.2, 0.25) is 0 Å². The predicted molar refractivity (Wildman–Crippen MR) is 86.5 cm³/mol. The summed E-state index contributed by atoms with van der Waals surface area (Å²) in [5.74, 6) is 0.643. The molecule has 1 aliphatic rings. The highest BCUT2D eigenvalue weighted by Gasteiger charge is 2.21. The molecule has 0 aliphatic heterocycles. The number of aryl methyl sites for hydroxylation is 2. The van der Waals surface area contributed by atoms with Gasteiger partial charge in [0.25, 0.3) is 5.56 Å². The SMILES string of the molecule is COCC(O)CN(C)Cc1nc2sc3c(c2c(=O)[nH]1)CCC3. The Morgan fingerprint density at radius 1 is 1.50 bits per heavy atom. The molecule has 0 fully saturated rings. The van der Waals surface area contributed by atoms with Crippen molar-refractivity contribution in [1.29, 1.82) is 0 Å². The fraction of sp³-hybridized carbons (Fsp3) is 0.600. The van der Waals surface area contributed by atoms with Crippen molar-refractivity contribution < 1.29 is 9.84 Å². The second kappa shape index (κ2) is 6.45. The lowest BCUT2D eigenvalue weighted by Crippen LogP contribution is -2.32. The number of aromatic nitrogens is 2. The Balaban J connectivity index is 1.79. The lowest BCUT2D eigenvalue weighted by molar-refractivity contribution is 0.0414. The average Bonchev–Trinajstić information content (AvgIpc) is 2.97. The molecule has 0 radical (unpaired) electrons. The molecule has 3 rings (SSSR count). The van der Waals surface area contributed by atoms with E-state index < -0.39 is 6.10 Å². The van der Waals surface area contributed by atoms with E-state index in [9.17, 15) is 9.90 Å². The molecule has 0 spiro atoms. The molecule has 0 saturated carbocycles. The van der Waals surface area contributed by atoms with Crippen molar-refractivity contribution in [3.05, 3.63) is 26.6 Å². The summed E-state index contributed by atoms with van der Waals surface area (Å²) in [6.07, 6.45) is 2.64. The summed E-state index contributed by atoms with van der Waals surface area (Å²) in [4.78, 5) is 23.9. The monoisotopic (exact) mass is 323 g/mol. The van der Waals surface area contributed by atoms with E-state index in [1.807, 2.05) is 11.9 Å². The smallest absolute Gasteiger partial charge is 0.259 e. The molecular formula is C15H21N3O3S. The van der Waals surface area contributed by atoms with Crippen LogP contribution < -0.4 is 5.56 Å². The van der Waals surface area contributed by atoms with E-state index in [1.165, 1.54) is 10.4 Å². The quantitative estimate of drug-likeness (QED) is 0.826. The Morgan fingerprint density at radius 3 is 3.09 bits per heavy atom. The van der Waals surface area contributed by atoms with E-state index in [-0.39, 0.29) is 5.56 Å². The van der Waals surface area contributed by atoms with E-state index in [0.29, 0.717) is 25.5 Å². The maximum atomic E-state index is 12.3. The molecule has 22 heavy (non-hydrogen) atoms. The van der Waals surface area contributed by atoms with E-state index in [1.54, 1.807) is 18.4 Å². The van der Waals surface area contributed by atoms with Crippen LogP contribution in [0.2, 0.25) is 0 Å². The van der Waals surface area contributed by atoms with Gasteiger partial charge in [-0.05, 0) is 31.9 Å². The Morgan fingerprint density at radius 2 is 2.32 bits per heavy atom. The van der Waals surface area contributed by atoms with Gasteiger partial charge in [-0.1, -0.05) is 0 Å². The van der Waals surface area contributed by atoms with Crippen molar-refractivity contribution in [2.24, 2.45) is 0 Å². The summed E-state index contributed by atoms with van der Waals surface area (Å²) in [7, 11) is 3.45. The van der Waals surface area contributed by atoms with Crippen molar-refractivity contribution in [1.82, 2.24) is 14.9 Å². The Kier molecular flexibility index (Phi) is 4.58. The molecule has 7 heteroatoms. The van der Waals surface area contributed by atoms with Crippen LogP contribution in [0.5, 0.6) is 0 Å². The first-order chi connectivity index (χ1) is 10.6. The minimum absolute atomic E-state index is 0.0368. The Labute approximate surface area is 132 Å². The molecule has 2 aromatic heterocycles. The van der Waals surface area contributed by atoms with Crippen LogP contribution in [0.4, 0.5) is 0 Å². The number of H-pyrrole nitrogens is 1. The van der Waals surface area contributed by atoms with Gasteiger partial charge in [0.1, 0.15) is 10.7 Å². The minimum atomic E-state index is -0.545. The Bertz CT molecular complexity index is 725. The second-order valence-corrected chi connectivity index (χ2v) is 6.94. The van der Waals surface area contributed by atoms with Gasteiger partial charge < -0.3 is 14.8 Å². The number of rotatable bonds is 6. The third-order valence-electron chi connectivity index (χ3n) is 3.93. The van der Waals surface area contributed by atoms with E-state index >= 15 is 0 Å². The molecule has 0 amide bonds. The molecule has 2 heterocycles. The number of aliphatic hydroxyl groups excluding tert-OH is 1. The largest absolute Gasteiger partial charge is 0.389 e. The summed E-state index contributed by atoms with van der Waals surface area (Å²) in [6, 6.07) is 0. The highest BCUT2D eigenvalue weighted by Crippen LogP contribution is 2.34. The summed E-state index contributed by atoms with van der Waals surface area (Å²) >= 11 is 1.64. The van der Waals surface area contributed by atoms with Gasteiger partial charge in [0.15, 0.2) is 0 Å². The molecular weight excluding hydrogens is 302 g/mol. The molecule has 0 saturated heterocycles. The van der Waals surface area contributed by atoms with Crippen molar-refractivity contribution in [3.63, 3.8) is 0 Å². The van der Waals surface area contributed by atoms with Gasteiger partial charge in [-0.3, -0.25) is 9.69 Å². The third-order valence-corrected chi connectivity index (χ3v) is 5.11. The first kappa shape index (κ1) is 15.6. The number of nitrogens with zero attached hydrogens (tertiary/aromatic N) is 2. The summed E-state index contributed by atoms with van der Waals surface area (Å²) in [6.45, 7) is 1.26. The number of aliphatic hydroxyl groups is 1. The fourth-order valence-electron chi connectivity index (χ4n) is 3.05. The number of aromatic amines is 1. The standard InChI is InChI=1S/C15H21N3O3S/c1-18(6-9(19)8-21-2)7-12-16-14(20)13-10-4-3-5-11(10)22-15(13)17-12/h9,19H,3-8H2,1-2H3,(H,16,17,20). The van der Waals surface area contributed by atoms with E-state index in [0.717, 1.165) is 29.5 Å². The molecule has 1 aliphatic carbocycles. The highest BCUT2D eigenvalue weighted by atomic mass is 32.1. The van der Waals surface area contributed by atoms with Gasteiger partial charge in [-0.2, -0.15) is 0 Å². The molecule has 120 valence electrons. The zero-order chi connectivity index (χ0) is 15.7. The number of methoxy groups -OCH3 is 1. The van der Waals surface area contributed by atoms with E-state index in [4.69, 9.17) is 4.74 Å². The van der Waals surface area contributed by atoms with Crippen LogP contribution in [0.1, 0.15) is 22.7 Å². The molecule has 0 bridgehead atoms. The maximum absolute atomic E-state index is 12.3. The number of nitrogens with one attached hydrogen (secondary N) is 1. The third kappa shape index (κ3) is 3.08. The average molecular weight is 323 g/mol. The topological polar surface area (TPSA) is 78.5 Å². The molecule has 1 atom stereocenters. The zero-order valence-electron chi connectivity index (χ0n) is 12.9. The van der Waals surface area contributed by atoms with Crippen molar-refractivity contribution in [2.75, 3.05) is 27.3 Å². The molecule has 2 N–H and O–H groups in total. The van der Waals surface area contributed by atoms with Gasteiger partial charge in [0, 0.05) is 18.5 Å².